The monoisotopic (exact) mass is 327 g/mol. The maximum Gasteiger partial charge on any atom is 0.343 e. The van der Waals surface area contributed by atoms with Gasteiger partial charge in [-0.15, -0.1) is 0 Å². The maximum absolute atomic E-state index is 12.7. The summed E-state index contributed by atoms with van der Waals surface area (Å²) in [6, 6.07) is 16.3. The molecule has 0 fully saturated rings. The predicted molar refractivity (Wildman–Crippen MR) is 90.1 cm³/mol. The number of methoxy groups -OCH3 is 1. The summed E-state index contributed by atoms with van der Waals surface area (Å²) in [6.45, 7) is 0.349. The molecule has 4 nitrogen and oxygen atoms in total. The van der Waals surface area contributed by atoms with Crippen LogP contribution < -0.4 is 5.56 Å². The summed E-state index contributed by atoms with van der Waals surface area (Å²) in [5, 5.41) is 1.29. The second kappa shape index (κ2) is 6.26. The molecule has 0 spiro atoms. The molecule has 3 aromatic rings. The van der Waals surface area contributed by atoms with Crippen LogP contribution >= 0.6 is 11.6 Å². The summed E-state index contributed by atoms with van der Waals surface area (Å²) in [7, 11) is 1.26. The molecule has 0 radical (unpaired) electrons. The topological polar surface area (TPSA) is 48.3 Å². The lowest BCUT2D eigenvalue weighted by atomic mass is 10.1. The Labute approximate surface area is 137 Å². The van der Waals surface area contributed by atoms with E-state index in [2.05, 4.69) is 0 Å². The van der Waals surface area contributed by atoms with Gasteiger partial charge in [-0.25, -0.2) is 4.79 Å². The van der Waals surface area contributed by atoms with Gasteiger partial charge in [-0.05, 0) is 29.1 Å². The third-order valence-corrected chi connectivity index (χ3v) is 3.88. The van der Waals surface area contributed by atoms with Crippen LogP contribution in [-0.2, 0) is 11.3 Å². The Balaban J connectivity index is 2.27. The van der Waals surface area contributed by atoms with E-state index < -0.39 is 11.5 Å². The van der Waals surface area contributed by atoms with Gasteiger partial charge in [0.2, 0.25) is 0 Å². The number of fused-ring (bicyclic) bond motifs is 1. The average molecular weight is 328 g/mol. The highest BCUT2D eigenvalue weighted by Crippen LogP contribution is 2.20. The smallest absolute Gasteiger partial charge is 0.343 e. The van der Waals surface area contributed by atoms with Crippen molar-refractivity contribution >= 4 is 28.5 Å². The molecule has 0 bridgehead atoms. The molecule has 3 rings (SSSR count). The number of halogens is 1. The number of benzene rings is 2. The molecule has 0 unspecified atom stereocenters. The highest BCUT2D eigenvalue weighted by Gasteiger charge is 2.16. The molecule has 0 atom stereocenters. The largest absolute Gasteiger partial charge is 0.465 e. The molecule has 0 N–H and O–H groups in total. The number of ether oxygens (including phenoxy) is 1. The van der Waals surface area contributed by atoms with Crippen molar-refractivity contribution in [3.63, 3.8) is 0 Å². The number of aromatic nitrogens is 1. The van der Waals surface area contributed by atoms with Gasteiger partial charge in [0.25, 0.3) is 5.56 Å². The number of nitrogens with zero attached hydrogens (tertiary/aromatic N) is 1. The molecule has 23 heavy (non-hydrogen) atoms. The van der Waals surface area contributed by atoms with Gasteiger partial charge >= 0.3 is 5.97 Å². The second-order valence-corrected chi connectivity index (χ2v) is 5.57. The van der Waals surface area contributed by atoms with Crippen molar-refractivity contribution in [2.45, 2.75) is 6.54 Å². The normalized spacial score (nSPS) is 10.7. The van der Waals surface area contributed by atoms with Crippen molar-refractivity contribution in [2.75, 3.05) is 7.11 Å². The summed E-state index contributed by atoms with van der Waals surface area (Å²) < 4.78 is 6.26. The number of carbonyl (C=O) groups excluding carboxylic acids is 1. The zero-order valence-corrected chi connectivity index (χ0v) is 13.2. The van der Waals surface area contributed by atoms with Gasteiger partial charge < -0.3 is 9.30 Å². The molecular formula is C18H14ClNO3. The first kappa shape index (κ1) is 15.3. The van der Waals surface area contributed by atoms with E-state index in [1.54, 1.807) is 28.8 Å². The van der Waals surface area contributed by atoms with Crippen molar-refractivity contribution in [3.05, 3.63) is 81.1 Å². The van der Waals surface area contributed by atoms with E-state index in [1.165, 1.54) is 7.11 Å². The number of pyridine rings is 1. The minimum Gasteiger partial charge on any atom is -0.465 e. The van der Waals surface area contributed by atoms with E-state index in [4.69, 9.17) is 16.3 Å². The molecule has 0 saturated carbocycles. The first-order valence-corrected chi connectivity index (χ1v) is 7.43. The first-order valence-electron chi connectivity index (χ1n) is 7.05. The summed E-state index contributed by atoms with van der Waals surface area (Å²) in [4.78, 5) is 24.6. The number of carbonyl (C=O) groups is 1. The maximum atomic E-state index is 12.7. The first-order chi connectivity index (χ1) is 11.1. The van der Waals surface area contributed by atoms with Gasteiger partial charge in [0, 0.05) is 5.02 Å². The minimum atomic E-state index is -0.645. The summed E-state index contributed by atoms with van der Waals surface area (Å²) >= 11 is 6.07. The van der Waals surface area contributed by atoms with Crippen molar-refractivity contribution in [2.24, 2.45) is 0 Å². The van der Waals surface area contributed by atoms with Crippen molar-refractivity contribution in [1.82, 2.24) is 4.57 Å². The quantitative estimate of drug-likeness (QED) is 0.692. The van der Waals surface area contributed by atoms with Crippen LogP contribution in [0.25, 0.3) is 10.9 Å². The van der Waals surface area contributed by atoms with Gasteiger partial charge in [-0.1, -0.05) is 48.0 Å². The molecule has 0 aliphatic rings. The van der Waals surface area contributed by atoms with E-state index in [0.717, 1.165) is 10.9 Å². The zero-order valence-electron chi connectivity index (χ0n) is 12.5. The van der Waals surface area contributed by atoms with Crippen LogP contribution in [0.5, 0.6) is 0 Å². The van der Waals surface area contributed by atoms with E-state index in [0.29, 0.717) is 17.1 Å². The molecule has 0 aliphatic carbocycles. The van der Waals surface area contributed by atoms with Crippen LogP contribution in [0.1, 0.15) is 15.9 Å². The number of rotatable bonds is 3. The highest BCUT2D eigenvalue weighted by molar-refractivity contribution is 6.31. The highest BCUT2D eigenvalue weighted by atomic mass is 35.5. The fraction of sp³-hybridized carbons (Fsp3) is 0.111. The molecule has 5 heteroatoms. The Hall–Kier alpha value is -2.59. The average Bonchev–Trinajstić information content (AvgIpc) is 2.57. The van der Waals surface area contributed by atoms with Crippen LogP contribution in [0.2, 0.25) is 5.02 Å². The van der Waals surface area contributed by atoms with Crippen molar-refractivity contribution in [3.8, 4) is 0 Å². The lowest BCUT2D eigenvalue weighted by Gasteiger charge is -2.13. The Bertz CT molecular complexity index is 932. The third kappa shape index (κ3) is 2.98. The van der Waals surface area contributed by atoms with Crippen molar-refractivity contribution < 1.29 is 9.53 Å². The van der Waals surface area contributed by atoms with Crippen LogP contribution in [-0.4, -0.2) is 17.6 Å². The molecule has 116 valence electrons. The third-order valence-electron chi connectivity index (χ3n) is 3.65. The molecule has 1 heterocycles. The van der Waals surface area contributed by atoms with E-state index >= 15 is 0 Å². The van der Waals surface area contributed by atoms with Crippen LogP contribution in [0, 0.1) is 0 Å². The number of hydrogen-bond acceptors (Lipinski definition) is 3. The second-order valence-electron chi connectivity index (χ2n) is 5.13. The Morgan fingerprint density at radius 2 is 1.87 bits per heavy atom. The molecule has 1 aromatic heterocycles. The predicted octanol–water partition coefficient (Wildman–Crippen LogP) is 3.49. The molecule has 2 aromatic carbocycles. The molecular weight excluding hydrogens is 314 g/mol. The summed E-state index contributed by atoms with van der Waals surface area (Å²) in [5.74, 6) is -0.645. The Morgan fingerprint density at radius 3 is 2.57 bits per heavy atom. The number of hydrogen-bond donors (Lipinski definition) is 0. The lowest BCUT2D eigenvalue weighted by Crippen LogP contribution is -2.27. The number of esters is 1. The standard InChI is InChI=1S/C18H14ClNO3/c1-23-18(22)15-9-13-7-8-14(19)10-16(13)20(17(15)21)11-12-5-3-2-4-6-12/h2-10H,11H2,1H3. The molecule has 0 amide bonds. The van der Waals surface area contributed by atoms with Gasteiger partial charge in [-0.3, -0.25) is 4.79 Å². The summed E-state index contributed by atoms with van der Waals surface area (Å²) in [6.07, 6.45) is 0. The fourth-order valence-corrected chi connectivity index (χ4v) is 2.69. The summed E-state index contributed by atoms with van der Waals surface area (Å²) in [5.41, 5.74) is 1.26. The Morgan fingerprint density at radius 1 is 1.13 bits per heavy atom. The minimum absolute atomic E-state index is 0.0123. The van der Waals surface area contributed by atoms with E-state index in [-0.39, 0.29) is 5.56 Å². The molecule has 0 saturated heterocycles. The SMILES string of the molecule is COC(=O)c1cc2ccc(Cl)cc2n(Cc2ccccc2)c1=O. The van der Waals surface area contributed by atoms with Crippen LogP contribution in [0.15, 0.2) is 59.4 Å². The van der Waals surface area contributed by atoms with Crippen LogP contribution in [0.3, 0.4) is 0 Å². The molecule has 0 aliphatic heterocycles. The Kier molecular flexibility index (Phi) is 4.17. The fourth-order valence-electron chi connectivity index (χ4n) is 2.52. The van der Waals surface area contributed by atoms with Gasteiger partial charge in [-0.2, -0.15) is 0 Å². The lowest BCUT2D eigenvalue weighted by molar-refractivity contribution is 0.0598. The van der Waals surface area contributed by atoms with E-state index in [9.17, 15) is 9.59 Å². The van der Waals surface area contributed by atoms with Gasteiger partial charge in [0.15, 0.2) is 0 Å². The van der Waals surface area contributed by atoms with Gasteiger partial charge in [0.05, 0.1) is 19.2 Å². The van der Waals surface area contributed by atoms with E-state index in [1.807, 2.05) is 30.3 Å². The van der Waals surface area contributed by atoms with Crippen LogP contribution in [0.4, 0.5) is 0 Å². The van der Waals surface area contributed by atoms with Crippen molar-refractivity contribution in [1.29, 1.82) is 0 Å². The zero-order chi connectivity index (χ0) is 16.4. The van der Waals surface area contributed by atoms with Gasteiger partial charge in [0.1, 0.15) is 5.56 Å².